The average molecular weight is 284 g/mol. The van der Waals surface area contributed by atoms with Gasteiger partial charge in [-0.05, 0) is 37.6 Å². The van der Waals surface area contributed by atoms with Crippen LogP contribution in [0.3, 0.4) is 0 Å². The summed E-state index contributed by atoms with van der Waals surface area (Å²) in [4.78, 5) is 5.31. The average Bonchev–Trinajstić information content (AvgIpc) is 2.38. The molecule has 1 aliphatic heterocycles. The monoisotopic (exact) mass is 283 g/mol. The Kier molecular flexibility index (Phi) is 7.49. The molecule has 0 aromatic rings. The number of nitrogens with zero attached hydrogens (tertiary/aromatic N) is 2. The summed E-state index contributed by atoms with van der Waals surface area (Å²) < 4.78 is 0. The molecule has 0 spiro atoms. The van der Waals surface area contributed by atoms with Gasteiger partial charge in [0.1, 0.15) is 0 Å². The van der Waals surface area contributed by atoms with E-state index >= 15 is 0 Å². The first kappa shape index (κ1) is 17.9. The molecule has 0 atom stereocenters. The van der Waals surface area contributed by atoms with Gasteiger partial charge in [0.2, 0.25) is 0 Å². The van der Waals surface area contributed by atoms with Crippen LogP contribution >= 0.6 is 0 Å². The molecule has 1 aliphatic rings. The fraction of sp³-hybridized carbons (Fsp3) is 1.00. The molecule has 0 amide bonds. The highest BCUT2D eigenvalue weighted by molar-refractivity contribution is 4.95. The summed E-state index contributed by atoms with van der Waals surface area (Å²) >= 11 is 0. The van der Waals surface area contributed by atoms with Crippen LogP contribution in [0.2, 0.25) is 0 Å². The van der Waals surface area contributed by atoms with Crippen molar-refractivity contribution in [2.45, 2.75) is 59.4 Å². The van der Waals surface area contributed by atoms with Gasteiger partial charge in [0.15, 0.2) is 0 Å². The van der Waals surface area contributed by atoms with E-state index < -0.39 is 0 Å². The van der Waals surface area contributed by atoms with E-state index in [4.69, 9.17) is 5.73 Å². The lowest BCUT2D eigenvalue weighted by atomic mass is 9.80. The third kappa shape index (κ3) is 5.01. The third-order valence-electron chi connectivity index (χ3n) is 4.54. The van der Waals surface area contributed by atoms with Gasteiger partial charge in [-0.25, -0.2) is 0 Å². The molecular weight excluding hydrogens is 246 g/mol. The largest absolute Gasteiger partial charge is 0.329 e. The Balaban J connectivity index is 2.72. The lowest BCUT2D eigenvalue weighted by Gasteiger charge is -2.49. The van der Waals surface area contributed by atoms with E-state index in [1.807, 2.05) is 0 Å². The second kappa shape index (κ2) is 8.35. The Bertz CT molecular complexity index is 245. The quantitative estimate of drug-likeness (QED) is 0.743. The van der Waals surface area contributed by atoms with Crippen LogP contribution in [-0.4, -0.2) is 54.6 Å². The fourth-order valence-corrected chi connectivity index (χ4v) is 3.92. The number of piperazine rings is 1. The highest BCUT2D eigenvalue weighted by atomic mass is 15.3. The zero-order valence-electron chi connectivity index (χ0n) is 14.5. The Morgan fingerprint density at radius 1 is 0.950 bits per heavy atom. The molecule has 20 heavy (non-hydrogen) atoms. The number of hydrogen-bond donors (Lipinski definition) is 1. The molecule has 0 radical (unpaired) electrons. The minimum Gasteiger partial charge on any atom is -0.329 e. The highest BCUT2D eigenvalue weighted by Gasteiger charge is 2.37. The Morgan fingerprint density at radius 3 is 1.80 bits per heavy atom. The van der Waals surface area contributed by atoms with E-state index in [9.17, 15) is 0 Å². The normalized spacial score (nSPS) is 19.2. The number of rotatable bonds is 8. The first-order valence-corrected chi connectivity index (χ1v) is 8.61. The van der Waals surface area contributed by atoms with E-state index in [0.717, 1.165) is 6.54 Å². The second-order valence-corrected chi connectivity index (χ2v) is 7.45. The van der Waals surface area contributed by atoms with Gasteiger partial charge in [0, 0.05) is 38.3 Å². The van der Waals surface area contributed by atoms with Crippen LogP contribution in [0.5, 0.6) is 0 Å². The van der Waals surface area contributed by atoms with E-state index in [1.165, 1.54) is 52.0 Å². The van der Waals surface area contributed by atoms with Crippen molar-refractivity contribution in [2.24, 2.45) is 17.6 Å². The number of nitrogens with two attached hydrogens (primary N) is 1. The summed E-state index contributed by atoms with van der Waals surface area (Å²) in [5.74, 6) is 1.43. The van der Waals surface area contributed by atoms with Crippen molar-refractivity contribution in [3.63, 3.8) is 0 Å². The lowest BCUT2D eigenvalue weighted by molar-refractivity contribution is 0.0105. The van der Waals surface area contributed by atoms with Crippen molar-refractivity contribution >= 4 is 0 Å². The molecule has 0 unspecified atom stereocenters. The molecule has 1 saturated heterocycles. The first-order chi connectivity index (χ1) is 9.43. The standard InChI is InChI=1S/C17H37N3/c1-6-7-19-8-10-20(11-9-19)17(14-18,12-15(2)3)13-16(4)5/h15-16H,6-14,18H2,1-5H3. The summed E-state index contributed by atoms with van der Waals surface area (Å²) in [7, 11) is 0. The SMILES string of the molecule is CCCN1CCN(C(CN)(CC(C)C)CC(C)C)CC1. The highest BCUT2D eigenvalue weighted by Crippen LogP contribution is 2.31. The van der Waals surface area contributed by atoms with Crippen molar-refractivity contribution in [3.05, 3.63) is 0 Å². The van der Waals surface area contributed by atoms with Crippen LogP contribution in [-0.2, 0) is 0 Å². The molecular formula is C17H37N3. The van der Waals surface area contributed by atoms with Crippen LogP contribution in [0.4, 0.5) is 0 Å². The van der Waals surface area contributed by atoms with E-state index in [-0.39, 0.29) is 5.54 Å². The summed E-state index contributed by atoms with van der Waals surface area (Å²) in [5, 5.41) is 0. The topological polar surface area (TPSA) is 32.5 Å². The van der Waals surface area contributed by atoms with Gasteiger partial charge < -0.3 is 10.6 Å². The van der Waals surface area contributed by atoms with Crippen molar-refractivity contribution < 1.29 is 0 Å². The lowest BCUT2D eigenvalue weighted by Crippen LogP contribution is -2.61. The molecule has 0 saturated carbocycles. The molecule has 1 rings (SSSR count). The molecule has 3 nitrogen and oxygen atoms in total. The predicted octanol–water partition coefficient (Wildman–Crippen LogP) is 2.80. The Hall–Kier alpha value is -0.120. The minimum atomic E-state index is 0.223. The van der Waals surface area contributed by atoms with Crippen molar-refractivity contribution in [1.82, 2.24) is 9.80 Å². The summed E-state index contributed by atoms with van der Waals surface area (Å²) in [5.41, 5.74) is 6.50. The summed E-state index contributed by atoms with van der Waals surface area (Å²) in [6, 6.07) is 0. The third-order valence-corrected chi connectivity index (χ3v) is 4.54. The van der Waals surface area contributed by atoms with Crippen LogP contribution in [0, 0.1) is 11.8 Å². The maximum absolute atomic E-state index is 6.27. The van der Waals surface area contributed by atoms with Crippen molar-refractivity contribution in [2.75, 3.05) is 39.3 Å². The van der Waals surface area contributed by atoms with Gasteiger partial charge in [0.05, 0.1) is 0 Å². The predicted molar refractivity (Wildman–Crippen MR) is 89.0 cm³/mol. The molecule has 3 heteroatoms. The van der Waals surface area contributed by atoms with Gasteiger partial charge in [-0.3, -0.25) is 4.90 Å². The smallest absolute Gasteiger partial charge is 0.0337 e. The maximum atomic E-state index is 6.27. The van der Waals surface area contributed by atoms with Gasteiger partial charge in [0.25, 0.3) is 0 Å². The summed E-state index contributed by atoms with van der Waals surface area (Å²) in [6.45, 7) is 18.5. The molecule has 0 aromatic heterocycles. The molecule has 1 heterocycles. The molecule has 2 N–H and O–H groups in total. The Morgan fingerprint density at radius 2 is 1.45 bits per heavy atom. The zero-order valence-corrected chi connectivity index (χ0v) is 14.5. The van der Waals surface area contributed by atoms with Gasteiger partial charge >= 0.3 is 0 Å². The van der Waals surface area contributed by atoms with E-state index in [0.29, 0.717) is 11.8 Å². The van der Waals surface area contributed by atoms with Crippen LogP contribution in [0.1, 0.15) is 53.9 Å². The minimum absolute atomic E-state index is 0.223. The molecule has 1 fully saturated rings. The molecule has 0 aliphatic carbocycles. The van der Waals surface area contributed by atoms with Gasteiger partial charge in [-0.2, -0.15) is 0 Å². The molecule has 120 valence electrons. The van der Waals surface area contributed by atoms with E-state index in [2.05, 4.69) is 44.4 Å². The maximum Gasteiger partial charge on any atom is 0.0337 e. The van der Waals surface area contributed by atoms with Crippen LogP contribution in [0.15, 0.2) is 0 Å². The second-order valence-electron chi connectivity index (χ2n) is 7.45. The summed E-state index contributed by atoms with van der Waals surface area (Å²) in [6.07, 6.45) is 3.73. The van der Waals surface area contributed by atoms with Gasteiger partial charge in [-0.1, -0.05) is 34.6 Å². The zero-order chi connectivity index (χ0) is 15.2. The first-order valence-electron chi connectivity index (χ1n) is 8.61. The van der Waals surface area contributed by atoms with Crippen LogP contribution in [0.25, 0.3) is 0 Å². The van der Waals surface area contributed by atoms with E-state index in [1.54, 1.807) is 0 Å². The Labute approximate surface area is 126 Å². The van der Waals surface area contributed by atoms with Crippen LogP contribution < -0.4 is 5.73 Å². The van der Waals surface area contributed by atoms with Crippen molar-refractivity contribution in [1.29, 1.82) is 0 Å². The van der Waals surface area contributed by atoms with Gasteiger partial charge in [-0.15, -0.1) is 0 Å². The number of hydrogen-bond acceptors (Lipinski definition) is 3. The van der Waals surface area contributed by atoms with Crippen molar-refractivity contribution in [3.8, 4) is 0 Å². The fourth-order valence-electron chi connectivity index (χ4n) is 3.92. The molecule has 0 bridgehead atoms. The molecule has 0 aromatic carbocycles.